The highest BCUT2D eigenvalue weighted by Gasteiger charge is 2.26. The first-order valence-corrected chi connectivity index (χ1v) is 8.51. The lowest BCUT2D eigenvalue weighted by Crippen LogP contribution is -2.38. The van der Waals surface area contributed by atoms with Gasteiger partial charge in [-0.1, -0.05) is 0 Å². The fraction of sp³-hybridized carbons (Fsp3) is 0.500. The van der Waals surface area contributed by atoms with Crippen molar-refractivity contribution in [3.8, 4) is 0 Å². The van der Waals surface area contributed by atoms with Crippen molar-refractivity contribution < 1.29 is 4.42 Å². The Balaban J connectivity index is 1.52. The minimum atomic E-state index is 0.0670. The van der Waals surface area contributed by atoms with Crippen LogP contribution in [0.15, 0.2) is 26.9 Å². The number of hydrogen-bond acceptors (Lipinski definition) is 4. The molecule has 118 valence electrons. The van der Waals surface area contributed by atoms with Gasteiger partial charge in [0.1, 0.15) is 11.5 Å². The van der Waals surface area contributed by atoms with Crippen LogP contribution < -0.4 is 10.6 Å². The predicted octanol–water partition coefficient (Wildman–Crippen LogP) is 3.35. The largest absolute Gasteiger partial charge is 0.464 e. The van der Waals surface area contributed by atoms with Crippen molar-refractivity contribution in [1.29, 1.82) is 0 Å². The van der Waals surface area contributed by atoms with Crippen LogP contribution in [0.25, 0.3) is 0 Å². The Hall–Kier alpha value is -1.82. The number of guanidine groups is 1. The van der Waals surface area contributed by atoms with Gasteiger partial charge in [0.25, 0.3) is 0 Å². The molecule has 0 radical (unpaired) electrons. The third-order valence-electron chi connectivity index (χ3n) is 3.70. The van der Waals surface area contributed by atoms with Crippen LogP contribution in [0.2, 0.25) is 0 Å². The summed E-state index contributed by atoms with van der Waals surface area (Å²) >= 11 is 1.77. The van der Waals surface area contributed by atoms with Crippen molar-refractivity contribution in [2.45, 2.75) is 45.2 Å². The summed E-state index contributed by atoms with van der Waals surface area (Å²) in [4.78, 5) is 8.93. The topological polar surface area (TPSA) is 62.5 Å². The first-order chi connectivity index (χ1) is 10.7. The summed E-state index contributed by atoms with van der Waals surface area (Å²) in [7, 11) is 1.77. The highest BCUT2D eigenvalue weighted by molar-refractivity contribution is 7.09. The molecule has 3 rings (SSSR count). The van der Waals surface area contributed by atoms with Gasteiger partial charge in [0.05, 0.1) is 23.3 Å². The third-order valence-corrected chi connectivity index (χ3v) is 4.75. The van der Waals surface area contributed by atoms with Gasteiger partial charge in [0.15, 0.2) is 5.96 Å². The zero-order chi connectivity index (χ0) is 15.5. The van der Waals surface area contributed by atoms with Crippen LogP contribution in [0.1, 0.15) is 53.9 Å². The summed E-state index contributed by atoms with van der Waals surface area (Å²) < 4.78 is 5.63. The minimum absolute atomic E-state index is 0.0670. The SMILES string of the molecule is CN=C(NCc1csc(C2CC2)n1)N[C@@H](C)c1ccc(C)o1. The number of rotatable bonds is 5. The lowest BCUT2D eigenvalue weighted by atomic mass is 10.2. The molecule has 5 nitrogen and oxygen atoms in total. The van der Waals surface area contributed by atoms with Crippen molar-refractivity contribution in [3.63, 3.8) is 0 Å². The molecule has 1 aliphatic carbocycles. The summed E-state index contributed by atoms with van der Waals surface area (Å²) in [6.45, 7) is 4.69. The summed E-state index contributed by atoms with van der Waals surface area (Å²) in [5, 5.41) is 10.0. The fourth-order valence-corrected chi connectivity index (χ4v) is 3.24. The molecule has 1 aliphatic rings. The van der Waals surface area contributed by atoms with E-state index in [0.29, 0.717) is 6.54 Å². The first-order valence-electron chi connectivity index (χ1n) is 7.63. The number of nitrogens with zero attached hydrogens (tertiary/aromatic N) is 2. The Kier molecular flexibility index (Phi) is 4.47. The van der Waals surface area contributed by atoms with E-state index < -0.39 is 0 Å². The zero-order valence-electron chi connectivity index (χ0n) is 13.2. The Morgan fingerprint density at radius 2 is 2.32 bits per heavy atom. The standard InChI is InChI=1S/C16H22N4OS/c1-10-4-7-14(21-10)11(2)19-16(17-3)18-8-13-9-22-15(20-13)12-5-6-12/h4,7,9,11-12H,5-6,8H2,1-3H3,(H2,17,18,19)/t11-/m0/s1. The molecule has 22 heavy (non-hydrogen) atoms. The van der Waals surface area contributed by atoms with Crippen molar-refractivity contribution >= 4 is 17.3 Å². The molecule has 1 fully saturated rings. The monoisotopic (exact) mass is 318 g/mol. The van der Waals surface area contributed by atoms with Crippen LogP contribution in [0.3, 0.4) is 0 Å². The molecule has 2 aromatic heterocycles. The number of thiazole rings is 1. The second-order valence-corrected chi connectivity index (χ2v) is 6.58. The lowest BCUT2D eigenvalue weighted by Gasteiger charge is -2.15. The van der Waals surface area contributed by atoms with Gasteiger partial charge in [-0.15, -0.1) is 11.3 Å². The van der Waals surface area contributed by atoms with E-state index in [0.717, 1.165) is 29.1 Å². The lowest BCUT2D eigenvalue weighted by molar-refractivity contribution is 0.441. The molecule has 1 atom stereocenters. The molecule has 6 heteroatoms. The summed E-state index contributed by atoms with van der Waals surface area (Å²) in [5.74, 6) is 3.30. The minimum Gasteiger partial charge on any atom is -0.464 e. The normalized spacial score (nSPS) is 16.6. The number of aromatic nitrogens is 1. The van der Waals surface area contributed by atoms with Gasteiger partial charge in [0.2, 0.25) is 0 Å². The highest BCUT2D eigenvalue weighted by atomic mass is 32.1. The summed E-state index contributed by atoms with van der Waals surface area (Å²) in [6, 6.07) is 4.03. The van der Waals surface area contributed by atoms with Gasteiger partial charge in [-0.2, -0.15) is 0 Å². The van der Waals surface area contributed by atoms with E-state index in [2.05, 4.69) is 32.9 Å². The summed E-state index contributed by atoms with van der Waals surface area (Å²) in [5.41, 5.74) is 1.08. The number of nitrogens with one attached hydrogen (secondary N) is 2. The van der Waals surface area contributed by atoms with Gasteiger partial charge in [-0.3, -0.25) is 4.99 Å². The maximum absolute atomic E-state index is 5.63. The fourth-order valence-electron chi connectivity index (χ4n) is 2.25. The molecular weight excluding hydrogens is 296 g/mol. The van der Waals surface area contributed by atoms with Crippen molar-refractivity contribution in [3.05, 3.63) is 39.7 Å². The van der Waals surface area contributed by atoms with Gasteiger partial charge in [-0.25, -0.2) is 4.98 Å². The first kappa shape index (κ1) is 15.1. The molecule has 2 aromatic rings. The molecule has 0 unspecified atom stereocenters. The molecule has 2 N–H and O–H groups in total. The molecule has 0 amide bonds. The van der Waals surface area contributed by atoms with E-state index in [9.17, 15) is 0 Å². The predicted molar refractivity (Wildman–Crippen MR) is 89.3 cm³/mol. The Labute approximate surface area is 134 Å². The van der Waals surface area contributed by atoms with Crippen LogP contribution in [0.4, 0.5) is 0 Å². The maximum Gasteiger partial charge on any atom is 0.191 e. The smallest absolute Gasteiger partial charge is 0.191 e. The van der Waals surface area contributed by atoms with Crippen LogP contribution >= 0.6 is 11.3 Å². The molecule has 1 saturated carbocycles. The van der Waals surface area contributed by atoms with Gasteiger partial charge < -0.3 is 15.1 Å². The molecule has 0 aromatic carbocycles. The van der Waals surface area contributed by atoms with Crippen LogP contribution in [0.5, 0.6) is 0 Å². The van der Waals surface area contributed by atoms with Crippen molar-refractivity contribution in [2.24, 2.45) is 4.99 Å². The second kappa shape index (κ2) is 6.52. The Bertz CT molecular complexity index is 657. The third kappa shape index (κ3) is 3.68. The summed E-state index contributed by atoms with van der Waals surface area (Å²) in [6.07, 6.45) is 2.59. The molecular formula is C16H22N4OS. The van der Waals surface area contributed by atoms with Crippen LogP contribution in [0, 0.1) is 6.92 Å². The second-order valence-electron chi connectivity index (χ2n) is 5.69. The van der Waals surface area contributed by atoms with Crippen LogP contribution in [-0.2, 0) is 6.54 Å². The van der Waals surface area contributed by atoms with E-state index in [1.54, 1.807) is 18.4 Å². The van der Waals surface area contributed by atoms with E-state index in [1.165, 1.54) is 17.8 Å². The number of aryl methyl sites for hydroxylation is 1. The van der Waals surface area contributed by atoms with Gasteiger partial charge in [-0.05, 0) is 38.8 Å². The Morgan fingerprint density at radius 3 is 2.95 bits per heavy atom. The van der Waals surface area contributed by atoms with Gasteiger partial charge >= 0.3 is 0 Å². The molecule has 0 saturated heterocycles. The van der Waals surface area contributed by atoms with Crippen molar-refractivity contribution in [1.82, 2.24) is 15.6 Å². The molecule has 0 bridgehead atoms. The number of furan rings is 1. The maximum atomic E-state index is 5.63. The molecule has 0 aliphatic heterocycles. The zero-order valence-corrected chi connectivity index (χ0v) is 14.0. The van der Waals surface area contributed by atoms with Crippen molar-refractivity contribution in [2.75, 3.05) is 7.05 Å². The highest BCUT2D eigenvalue weighted by Crippen LogP contribution is 2.41. The Morgan fingerprint density at radius 1 is 1.50 bits per heavy atom. The van der Waals surface area contributed by atoms with E-state index in [-0.39, 0.29) is 6.04 Å². The van der Waals surface area contributed by atoms with Gasteiger partial charge in [0, 0.05) is 18.3 Å². The molecule has 0 spiro atoms. The van der Waals surface area contributed by atoms with E-state index in [4.69, 9.17) is 4.42 Å². The average Bonchev–Trinajstić information content (AvgIpc) is 3.09. The van der Waals surface area contributed by atoms with E-state index in [1.807, 2.05) is 19.1 Å². The van der Waals surface area contributed by atoms with Crippen LogP contribution in [-0.4, -0.2) is 18.0 Å². The van der Waals surface area contributed by atoms with E-state index >= 15 is 0 Å². The number of hydrogen-bond donors (Lipinski definition) is 2. The quantitative estimate of drug-likeness (QED) is 0.655. The molecule has 2 heterocycles. The number of aliphatic imine (C=N–C) groups is 1. The average molecular weight is 318 g/mol.